The molecule has 2 heterocycles. The molecular weight excluding hydrogens is 286 g/mol. The summed E-state index contributed by atoms with van der Waals surface area (Å²) in [6, 6.07) is 0. The first-order valence-corrected chi connectivity index (χ1v) is 7.81. The number of carbonyl (C=O) groups is 2. The maximum Gasteiger partial charge on any atom is 0.310 e. The van der Waals surface area contributed by atoms with Crippen LogP contribution in [0.5, 0.6) is 0 Å². The summed E-state index contributed by atoms with van der Waals surface area (Å²) in [5, 5.41) is 13.1. The third kappa shape index (κ3) is 2.71. The molecule has 0 radical (unpaired) electrons. The molecule has 1 saturated carbocycles. The van der Waals surface area contributed by atoms with Crippen molar-refractivity contribution in [3.63, 3.8) is 0 Å². The Balaban J connectivity index is 1.55. The van der Waals surface area contributed by atoms with Crippen molar-refractivity contribution in [3.05, 3.63) is 11.7 Å². The van der Waals surface area contributed by atoms with Crippen LogP contribution in [0.15, 0.2) is 4.52 Å². The van der Waals surface area contributed by atoms with E-state index in [-0.39, 0.29) is 18.2 Å². The second-order valence-electron chi connectivity index (χ2n) is 6.45. The molecule has 2 aliphatic rings. The first-order valence-electron chi connectivity index (χ1n) is 7.81. The van der Waals surface area contributed by atoms with Crippen LogP contribution in [0.2, 0.25) is 0 Å². The molecule has 0 bridgehead atoms. The molecule has 0 spiro atoms. The van der Waals surface area contributed by atoms with Gasteiger partial charge in [-0.1, -0.05) is 11.6 Å². The highest BCUT2D eigenvalue weighted by molar-refractivity contribution is 5.85. The average Bonchev–Trinajstić information content (AvgIpc) is 2.89. The molecule has 1 aliphatic carbocycles. The summed E-state index contributed by atoms with van der Waals surface area (Å²) >= 11 is 0. The van der Waals surface area contributed by atoms with E-state index >= 15 is 0 Å². The number of aryl methyl sites for hydroxylation is 1. The van der Waals surface area contributed by atoms with E-state index in [4.69, 9.17) is 4.52 Å². The van der Waals surface area contributed by atoms with Gasteiger partial charge in [0.25, 0.3) is 0 Å². The van der Waals surface area contributed by atoms with Gasteiger partial charge in [0.1, 0.15) is 0 Å². The van der Waals surface area contributed by atoms with Gasteiger partial charge in [-0.2, -0.15) is 4.98 Å². The van der Waals surface area contributed by atoms with Gasteiger partial charge in [0.05, 0.1) is 5.41 Å². The first kappa shape index (κ1) is 15.0. The van der Waals surface area contributed by atoms with Crippen LogP contribution in [0, 0.1) is 12.3 Å². The van der Waals surface area contributed by atoms with E-state index in [1.165, 1.54) is 0 Å². The Labute approximate surface area is 128 Å². The number of piperidine rings is 1. The molecule has 0 atom stereocenters. The monoisotopic (exact) mass is 307 g/mol. The molecule has 120 valence electrons. The molecule has 22 heavy (non-hydrogen) atoms. The molecule has 1 saturated heterocycles. The molecule has 0 unspecified atom stereocenters. The highest BCUT2D eigenvalue weighted by Gasteiger charge is 2.46. The van der Waals surface area contributed by atoms with Gasteiger partial charge in [0.15, 0.2) is 5.82 Å². The zero-order valence-corrected chi connectivity index (χ0v) is 12.7. The van der Waals surface area contributed by atoms with Crippen LogP contribution < -0.4 is 0 Å². The lowest BCUT2D eigenvalue weighted by Gasteiger charge is -2.39. The van der Waals surface area contributed by atoms with Gasteiger partial charge in [-0.3, -0.25) is 9.59 Å². The number of nitrogens with zero attached hydrogens (tertiary/aromatic N) is 3. The van der Waals surface area contributed by atoms with Crippen LogP contribution in [0.25, 0.3) is 0 Å². The Bertz CT molecular complexity index is 571. The number of aromatic nitrogens is 2. The summed E-state index contributed by atoms with van der Waals surface area (Å²) in [5.74, 6) is 0.598. The summed E-state index contributed by atoms with van der Waals surface area (Å²) in [5.41, 5.74) is -0.808. The van der Waals surface area contributed by atoms with Crippen LogP contribution in [0.1, 0.15) is 56.2 Å². The van der Waals surface area contributed by atoms with Crippen molar-refractivity contribution in [2.24, 2.45) is 5.41 Å². The Kier molecular flexibility index (Phi) is 3.88. The van der Waals surface area contributed by atoms with Crippen molar-refractivity contribution in [2.45, 2.75) is 51.4 Å². The number of carbonyl (C=O) groups excluding carboxylic acids is 1. The molecule has 1 amide bonds. The quantitative estimate of drug-likeness (QED) is 0.910. The fraction of sp³-hybridized carbons (Fsp3) is 0.733. The molecule has 0 aromatic carbocycles. The van der Waals surface area contributed by atoms with Crippen LogP contribution >= 0.6 is 0 Å². The molecule has 1 aromatic rings. The highest BCUT2D eigenvalue weighted by Crippen LogP contribution is 2.44. The molecule has 1 N–H and O–H groups in total. The van der Waals surface area contributed by atoms with E-state index in [1.807, 2.05) is 0 Å². The standard InChI is InChI=1S/C15H21N3O4/c1-10-16-13(22-17-10)11-3-7-18(8-4-11)12(19)9-15(14(20)21)5-2-6-15/h11H,2-9H2,1H3,(H,20,21). The zero-order valence-electron chi connectivity index (χ0n) is 12.7. The number of rotatable bonds is 4. The molecule has 7 heteroatoms. The minimum atomic E-state index is -0.830. The largest absolute Gasteiger partial charge is 0.481 e. The number of amides is 1. The minimum absolute atomic E-state index is 0.0396. The maximum atomic E-state index is 12.4. The average molecular weight is 307 g/mol. The normalized spacial score (nSPS) is 21.4. The number of carboxylic acid groups (broad SMARTS) is 1. The zero-order chi connectivity index (χ0) is 15.7. The van der Waals surface area contributed by atoms with E-state index in [1.54, 1.807) is 11.8 Å². The lowest BCUT2D eigenvalue weighted by molar-refractivity contribution is -0.159. The van der Waals surface area contributed by atoms with E-state index in [0.29, 0.717) is 37.6 Å². The van der Waals surface area contributed by atoms with Gasteiger partial charge in [0.2, 0.25) is 11.8 Å². The van der Waals surface area contributed by atoms with Crippen LogP contribution in [0.3, 0.4) is 0 Å². The fourth-order valence-electron chi connectivity index (χ4n) is 3.33. The Hall–Kier alpha value is -1.92. The number of aliphatic carboxylic acids is 1. The van der Waals surface area contributed by atoms with Crippen LogP contribution in [-0.2, 0) is 9.59 Å². The van der Waals surface area contributed by atoms with Crippen molar-refractivity contribution in [2.75, 3.05) is 13.1 Å². The van der Waals surface area contributed by atoms with Crippen molar-refractivity contribution in [1.82, 2.24) is 15.0 Å². The second-order valence-corrected chi connectivity index (χ2v) is 6.45. The van der Waals surface area contributed by atoms with Gasteiger partial charge in [-0.15, -0.1) is 0 Å². The Morgan fingerprint density at radius 1 is 1.36 bits per heavy atom. The van der Waals surface area contributed by atoms with E-state index < -0.39 is 11.4 Å². The van der Waals surface area contributed by atoms with Crippen LogP contribution in [-0.4, -0.2) is 45.1 Å². The minimum Gasteiger partial charge on any atom is -0.481 e. The lowest BCUT2D eigenvalue weighted by atomic mass is 9.66. The van der Waals surface area contributed by atoms with Gasteiger partial charge >= 0.3 is 5.97 Å². The fourth-order valence-corrected chi connectivity index (χ4v) is 3.33. The molecule has 1 aliphatic heterocycles. The third-order valence-electron chi connectivity index (χ3n) is 4.99. The van der Waals surface area contributed by atoms with Gasteiger partial charge in [-0.25, -0.2) is 0 Å². The van der Waals surface area contributed by atoms with Gasteiger partial charge in [-0.05, 0) is 32.6 Å². The summed E-state index contributed by atoms with van der Waals surface area (Å²) in [6.07, 6.45) is 3.84. The van der Waals surface area contributed by atoms with Crippen molar-refractivity contribution >= 4 is 11.9 Å². The van der Waals surface area contributed by atoms with Crippen molar-refractivity contribution in [3.8, 4) is 0 Å². The summed E-state index contributed by atoms with van der Waals surface area (Å²) in [6.45, 7) is 3.04. The smallest absolute Gasteiger partial charge is 0.310 e. The summed E-state index contributed by atoms with van der Waals surface area (Å²) in [7, 11) is 0. The predicted molar refractivity (Wildman–Crippen MR) is 76.1 cm³/mol. The van der Waals surface area contributed by atoms with Gasteiger partial charge < -0.3 is 14.5 Å². The topological polar surface area (TPSA) is 96.5 Å². The first-order chi connectivity index (χ1) is 10.5. The van der Waals surface area contributed by atoms with Crippen molar-refractivity contribution < 1.29 is 19.2 Å². The molecule has 2 fully saturated rings. The summed E-state index contributed by atoms with van der Waals surface area (Å²) < 4.78 is 5.20. The number of carboxylic acids is 1. The molecule has 7 nitrogen and oxygen atoms in total. The van der Waals surface area contributed by atoms with E-state index in [2.05, 4.69) is 10.1 Å². The molecular formula is C15H21N3O4. The SMILES string of the molecule is Cc1noc(C2CCN(C(=O)CC3(C(=O)O)CCC3)CC2)n1. The number of likely N-dealkylation sites (tertiary alicyclic amines) is 1. The predicted octanol–water partition coefficient (Wildman–Crippen LogP) is 1.73. The van der Waals surface area contributed by atoms with E-state index in [0.717, 1.165) is 19.3 Å². The number of hydrogen-bond donors (Lipinski definition) is 1. The maximum absolute atomic E-state index is 12.4. The second kappa shape index (κ2) is 5.70. The van der Waals surface area contributed by atoms with Crippen LogP contribution in [0.4, 0.5) is 0 Å². The Morgan fingerprint density at radius 3 is 2.50 bits per heavy atom. The molecule has 1 aromatic heterocycles. The third-order valence-corrected chi connectivity index (χ3v) is 4.99. The van der Waals surface area contributed by atoms with Gasteiger partial charge in [0, 0.05) is 25.4 Å². The Morgan fingerprint density at radius 2 is 2.05 bits per heavy atom. The summed E-state index contributed by atoms with van der Waals surface area (Å²) in [4.78, 5) is 29.8. The van der Waals surface area contributed by atoms with Crippen molar-refractivity contribution in [1.29, 1.82) is 0 Å². The highest BCUT2D eigenvalue weighted by atomic mass is 16.5. The van der Waals surface area contributed by atoms with E-state index in [9.17, 15) is 14.7 Å². The number of hydrogen-bond acceptors (Lipinski definition) is 5. The lowest BCUT2D eigenvalue weighted by Crippen LogP contribution is -2.45. The molecule has 3 rings (SSSR count).